The van der Waals surface area contributed by atoms with E-state index in [1.165, 1.54) is 0 Å². The summed E-state index contributed by atoms with van der Waals surface area (Å²) < 4.78 is 3.02. The molecule has 27 heavy (non-hydrogen) atoms. The molecule has 1 aromatic heterocycles. The predicted molar refractivity (Wildman–Crippen MR) is 110 cm³/mol. The number of aliphatic carboxylic acids is 1. The van der Waals surface area contributed by atoms with E-state index in [9.17, 15) is 15.2 Å². The second-order valence-electron chi connectivity index (χ2n) is 6.47. The van der Waals surface area contributed by atoms with Gasteiger partial charge in [0.05, 0.1) is 23.6 Å². The first-order valence-electron chi connectivity index (χ1n) is 8.39. The summed E-state index contributed by atoms with van der Waals surface area (Å²) in [6.45, 7) is 0.756. The van der Waals surface area contributed by atoms with Gasteiger partial charge >= 0.3 is 5.97 Å². The van der Waals surface area contributed by atoms with Gasteiger partial charge in [-0.2, -0.15) is 5.26 Å². The molecule has 3 aromatic rings. The number of aromatic nitrogens is 1. The lowest BCUT2D eigenvalue weighted by molar-refractivity contribution is -0.137. The van der Waals surface area contributed by atoms with Crippen molar-refractivity contribution < 1.29 is 9.90 Å². The second-order valence-corrected chi connectivity index (χ2v) is 8.84. The summed E-state index contributed by atoms with van der Waals surface area (Å²) in [6.07, 6.45) is 0.896. The zero-order chi connectivity index (χ0) is 19.1. The Kier molecular flexibility index (Phi) is 4.94. The Morgan fingerprint density at radius 2 is 2.11 bits per heavy atom. The molecular weight excluding hydrogens is 448 g/mol. The molecular formula is C20H14BrClN2O2S. The molecule has 136 valence electrons. The van der Waals surface area contributed by atoms with Crippen LogP contribution in [0.25, 0.3) is 10.9 Å². The molecule has 7 heteroatoms. The smallest absolute Gasteiger partial charge is 0.304 e. The molecule has 0 fully saturated rings. The Labute approximate surface area is 173 Å². The number of aryl methyl sites for hydroxylation is 1. The Morgan fingerprint density at radius 1 is 1.37 bits per heavy atom. The summed E-state index contributed by atoms with van der Waals surface area (Å²) in [5, 5.41) is 20.4. The fraction of sp³-hybridized carbons (Fsp3) is 0.200. The SMILES string of the molecule is N#Cc1cc(Br)c2c(Sc3ccc(Cl)cc3)c3n(c2c1)CCC3CC(=O)O. The number of rotatable bonds is 4. The van der Waals surface area contributed by atoms with Crippen molar-refractivity contribution in [3.8, 4) is 6.07 Å². The fourth-order valence-electron chi connectivity index (χ4n) is 3.68. The first-order chi connectivity index (χ1) is 13.0. The van der Waals surface area contributed by atoms with Crippen molar-refractivity contribution in [2.24, 2.45) is 0 Å². The molecule has 2 heterocycles. The number of hydrogen-bond acceptors (Lipinski definition) is 3. The predicted octanol–water partition coefficient (Wildman–Crippen LogP) is 6.04. The summed E-state index contributed by atoms with van der Waals surface area (Å²) >= 11 is 11.2. The van der Waals surface area contributed by atoms with Crippen molar-refractivity contribution in [3.63, 3.8) is 0 Å². The maximum atomic E-state index is 11.4. The van der Waals surface area contributed by atoms with Crippen molar-refractivity contribution in [1.29, 1.82) is 5.26 Å². The molecule has 4 nitrogen and oxygen atoms in total. The quantitative estimate of drug-likeness (QED) is 0.514. The molecule has 1 atom stereocenters. The van der Waals surface area contributed by atoms with Gasteiger partial charge in [0.1, 0.15) is 0 Å². The van der Waals surface area contributed by atoms with Crippen molar-refractivity contribution in [2.45, 2.75) is 35.1 Å². The molecule has 1 aliphatic rings. The number of carbonyl (C=O) groups is 1. The molecule has 0 spiro atoms. The van der Waals surface area contributed by atoms with Crippen LogP contribution in [0.5, 0.6) is 0 Å². The van der Waals surface area contributed by atoms with Crippen LogP contribution in [0.15, 0.2) is 50.7 Å². The van der Waals surface area contributed by atoms with Gasteiger partial charge in [-0.15, -0.1) is 0 Å². The van der Waals surface area contributed by atoms with Gasteiger partial charge < -0.3 is 9.67 Å². The van der Waals surface area contributed by atoms with E-state index in [2.05, 4.69) is 26.6 Å². The van der Waals surface area contributed by atoms with Crippen LogP contribution in [0.4, 0.5) is 0 Å². The van der Waals surface area contributed by atoms with Gasteiger partial charge in [-0.25, -0.2) is 0 Å². The molecule has 0 bridgehead atoms. The Hall–Kier alpha value is -1.94. The van der Waals surface area contributed by atoms with Gasteiger partial charge in [0.25, 0.3) is 0 Å². The summed E-state index contributed by atoms with van der Waals surface area (Å²) in [5.41, 5.74) is 2.60. The molecule has 0 saturated heterocycles. The molecule has 1 N–H and O–H groups in total. The van der Waals surface area contributed by atoms with Crippen LogP contribution in [-0.4, -0.2) is 15.6 Å². The largest absolute Gasteiger partial charge is 0.481 e. The highest BCUT2D eigenvalue weighted by atomic mass is 79.9. The third-order valence-electron chi connectivity index (χ3n) is 4.78. The minimum atomic E-state index is -0.794. The Bertz CT molecular complexity index is 1100. The minimum absolute atomic E-state index is 0.0397. The van der Waals surface area contributed by atoms with Crippen LogP contribution in [0.3, 0.4) is 0 Å². The van der Waals surface area contributed by atoms with Crippen LogP contribution in [0, 0.1) is 11.3 Å². The maximum absolute atomic E-state index is 11.4. The summed E-state index contributed by atoms with van der Waals surface area (Å²) in [7, 11) is 0. The second kappa shape index (κ2) is 7.23. The number of fused-ring (bicyclic) bond motifs is 3. The van der Waals surface area contributed by atoms with Crippen molar-refractivity contribution in [3.05, 3.63) is 57.2 Å². The third kappa shape index (κ3) is 3.36. The summed E-state index contributed by atoms with van der Waals surface area (Å²) in [6, 6.07) is 13.5. The first-order valence-corrected chi connectivity index (χ1v) is 10.4. The number of benzene rings is 2. The van der Waals surface area contributed by atoms with Crippen LogP contribution in [0.2, 0.25) is 5.02 Å². The monoisotopic (exact) mass is 460 g/mol. The van der Waals surface area contributed by atoms with Gasteiger partial charge in [0, 0.05) is 42.8 Å². The van der Waals surface area contributed by atoms with E-state index in [1.54, 1.807) is 11.8 Å². The van der Waals surface area contributed by atoms with E-state index < -0.39 is 5.97 Å². The molecule has 2 aromatic carbocycles. The Balaban J connectivity index is 1.93. The number of carboxylic acids is 1. The third-order valence-corrected chi connectivity index (χ3v) is 6.78. The first kappa shape index (κ1) is 18.4. The Morgan fingerprint density at radius 3 is 2.78 bits per heavy atom. The van der Waals surface area contributed by atoms with Crippen LogP contribution >= 0.6 is 39.3 Å². The van der Waals surface area contributed by atoms with Crippen LogP contribution in [0.1, 0.15) is 30.0 Å². The standard InChI is InChI=1S/C20H14BrClN2O2S/c21-15-7-11(10-23)8-16-18(15)20(27-14-3-1-13(22)2-4-14)19-12(9-17(25)26)5-6-24(16)19/h1-4,7-8,12H,5-6,9H2,(H,25,26). The molecule has 0 saturated carbocycles. The van der Waals surface area contributed by atoms with E-state index in [-0.39, 0.29) is 12.3 Å². The van der Waals surface area contributed by atoms with Gasteiger partial charge in [0.2, 0.25) is 0 Å². The van der Waals surface area contributed by atoms with Crippen LogP contribution < -0.4 is 0 Å². The van der Waals surface area contributed by atoms with Gasteiger partial charge in [-0.1, -0.05) is 39.3 Å². The average Bonchev–Trinajstić information content (AvgIpc) is 3.16. The number of nitriles is 1. The maximum Gasteiger partial charge on any atom is 0.304 e. The highest BCUT2D eigenvalue weighted by Gasteiger charge is 2.32. The van der Waals surface area contributed by atoms with E-state index in [0.29, 0.717) is 10.6 Å². The van der Waals surface area contributed by atoms with Crippen molar-refractivity contribution in [2.75, 3.05) is 0 Å². The van der Waals surface area contributed by atoms with E-state index in [4.69, 9.17) is 11.6 Å². The van der Waals surface area contributed by atoms with Gasteiger partial charge in [-0.05, 0) is 42.8 Å². The lowest BCUT2D eigenvalue weighted by atomic mass is 10.00. The molecule has 0 aliphatic carbocycles. The highest BCUT2D eigenvalue weighted by Crippen LogP contribution is 2.48. The van der Waals surface area contributed by atoms with Crippen molar-refractivity contribution >= 4 is 56.2 Å². The minimum Gasteiger partial charge on any atom is -0.481 e. The molecule has 0 radical (unpaired) electrons. The zero-order valence-corrected chi connectivity index (χ0v) is 17.2. The normalized spacial score (nSPS) is 15.7. The molecule has 1 unspecified atom stereocenters. The number of hydrogen-bond donors (Lipinski definition) is 1. The average molecular weight is 462 g/mol. The van der Waals surface area contributed by atoms with E-state index in [1.807, 2.05) is 36.4 Å². The molecule has 4 rings (SSSR count). The molecule has 1 aliphatic heterocycles. The van der Waals surface area contributed by atoms with Gasteiger partial charge in [0.15, 0.2) is 0 Å². The highest BCUT2D eigenvalue weighted by molar-refractivity contribution is 9.10. The number of halogens is 2. The molecule has 0 amide bonds. The van der Waals surface area contributed by atoms with Crippen molar-refractivity contribution in [1.82, 2.24) is 4.57 Å². The van der Waals surface area contributed by atoms with E-state index in [0.717, 1.165) is 43.8 Å². The van der Waals surface area contributed by atoms with E-state index >= 15 is 0 Å². The van der Waals surface area contributed by atoms with Gasteiger partial charge in [-0.3, -0.25) is 4.79 Å². The lowest BCUT2D eigenvalue weighted by Crippen LogP contribution is -2.04. The lowest BCUT2D eigenvalue weighted by Gasteiger charge is -2.11. The zero-order valence-electron chi connectivity index (χ0n) is 14.1. The topological polar surface area (TPSA) is 66.0 Å². The number of nitrogens with zero attached hydrogens (tertiary/aromatic N) is 2. The summed E-state index contributed by atoms with van der Waals surface area (Å²) in [5.74, 6) is -0.833. The fourth-order valence-corrected chi connectivity index (χ4v) is 5.79. The van der Waals surface area contributed by atoms with Crippen LogP contribution in [-0.2, 0) is 11.3 Å². The number of carboxylic acid groups (broad SMARTS) is 1. The summed E-state index contributed by atoms with van der Waals surface area (Å²) in [4.78, 5) is 13.5.